The Hall–Kier alpha value is -1.75. The van der Waals surface area contributed by atoms with Crippen molar-refractivity contribution in [3.63, 3.8) is 0 Å². The summed E-state index contributed by atoms with van der Waals surface area (Å²) in [4.78, 5) is 4.12. The molecule has 2 aromatic rings. The maximum absolute atomic E-state index is 13.7. The third kappa shape index (κ3) is 1.93. The number of aliphatic hydroxyl groups excluding tert-OH is 1. The Morgan fingerprint density at radius 3 is 2.53 bits per heavy atom. The monoisotopic (exact) mass is 238 g/mol. The van der Waals surface area contributed by atoms with Gasteiger partial charge in [0.15, 0.2) is 0 Å². The Labute approximate surface area is 97.3 Å². The molecule has 2 rings (SSSR count). The molecular weight excluding hydrogens is 226 g/mol. The third-order valence-electron chi connectivity index (χ3n) is 2.67. The number of nitrogens with zero attached hydrogens (tertiary/aromatic N) is 2. The first-order chi connectivity index (χ1) is 8.04. The highest BCUT2D eigenvalue weighted by Gasteiger charge is 2.14. The summed E-state index contributed by atoms with van der Waals surface area (Å²) in [5, 5.41) is 9.09. The van der Waals surface area contributed by atoms with Gasteiger partial charge in [-0.3, -0.25) is 4.57 Å². The van der Waals surface area contributed by atoms with E-state index in [0.29, 0.717) is 17.2 Å². The lowest BCUT2D eigenvalue weighted by Crippen LogP contribution is -2.03. The number of benzene rings is 1. The van der Waals surface area contributed by atoms with Crippen LogP contribution in [-0.2, 0) is 6.61 Å². The number of hydrogen-bond donors (Lipinski definition) is 1. The summed E-state index contributed by atoms with van der Waals surface area (Å²) < 4.78 is 28.0. The summed E-state index contributed by atoms with van der Waals surface area (Å²) >= 11 is 0. The van der Waals surface area contributed by atoms with Gasteiger partial charge in [-0.05, 0) is 26.0 Å². The van der Waals surface area contributed by atoms with E-state index >= 15 is 0 Å². The molecule has 0 radical (unpaired) electrons. The van der Waals surface area contributed by atoms with E-state index in [1.54, 1.807) is 18.4 Å². The normalized spacial score (nSPS) is 10.9. The number of aryl methyl sites for hydroxylation is 1. The first-order valence-electron chi connectivity index (χ1n) is 5.15. The quantitative estimate of drug-likeness (QED) is 0.871. The van der Waals surface area contributed by atoms with Crippen LogP contribution in [0.2, 0.25) is 0 Å². The minimum absolute atomic E-state index is 0.206. The lowest BCUT2D eigenvalue weighted by Gasteiger charge is -2.09. The van der Waals surface area contributed by atoms with Gasteiger partial charge in [0, 0.05) is 11.8 Å². The fourth-order valence-electron chi connectivity index (χ4n) is 1.87. The van der Waals surface area contributed by atoms with Gasteiger partial charge < -0.3 is 5.11 Å². The molecule has 17 heavy (non-hydrogen) atoms. The van der Waals surface area contributed by atoms with E-state index in [9.17, 15) is 8.78 Å². The highest BCUT2D eigenvalue weighted by Crippen LogP contribution is 2.21. The lowest BCUT2D eigenvalue weighted by molar-refractivity contribution is 0.276. The predicted molar refractivity (Wildman–Crippen MR) is 58.9 cm³/mol. The van der Waals surface area contributed by atoms with Crippen LogP contribution in [0.5, 0.6) is 0 Å². The zero-order valence-corrected chi connectivity index (χ0v) is 9.54. The van der Waals surface area contributed by atoms with E-state index < -0.39 is 11.6 Å². The highest BCUT2D eigenvalue weighted by atomic mass is 19.1. The molecule has 0 unspecified atom stereocenters. The molecular formula is C12H12F2N2O. The van der Waals surface area contributed by atoms with Crippen LogP contribution in [0.25, 0.3) is 5.69 Å². The van der Waals surface area contributed by atoms with Crippen LogP contribution >= 0.6 is 0 Å². The second-order valence-electron chi connectivity index (χ2n) is 3.78. The molecule has 0 saturated carbocycles. The van der Waals surface area contributed by atoms with Crippen LogP contribution in [0, 0.1) is 25.5 Å². The lowest BCUT2D eigenvalue weighted by atomic mass is 10.2. The fraction of sp³-hybridized carbons (Fsp3) is 0.250. The van der Waals surface area contributed by atoms with Crippen LogP contribution in [0.15, 0.2) is 18.2 Å². The van der Waals surface area contributed by atoms with Gasteiger partial charge in [-0.25, -0.2) is 13.8 Å². The predicted octanol–water partition coefficient (Wildman–Crippen LogP) is 2.26. The van der Waals surface area contributed by atoms with Crippen molar-refractivity contribution in [2.24, 2.45) is 0 Å². The molecule has 0 aliphatic heterocycles. The van der Waals surface area contributed by atoms with Crippen LogP contribution in [0.3, 0.4) is 0 Å². The van der Waals surface area contributed by atoms with Crippen LogP contribution in [0.1, 0.15) is 17.2 Å². The summed E-state index contributed by atoms with van der Waals surface area (Å²) in [6.07, 6.45) is 0. The Bertz CT molecular complexity index is 564. The maximum atomic E-state index is 13.7. The number of halogens is 2. The molecule has 1 heterocycles. The third-order valence-corrected chi connectivity index (χ3v) is 2.67. The average molecular weight is 238 g/mol. The summed E-state index contributed by atoms with van der Waals surface area (Å²) in [6.45, 7) is 3.23. The smallest absolute Gasteiger partial charge is 0.150 e. The zero-order valence-electron chi connectivity index (χ0n) is 9.54. The molecule has 3 nitrogen and oxygen atoms in total. The molecule has 1 aromatic heterocycles. The molecule has 0 aliphatic carbocycles. The van der Waals surface area contributed by atoms with Crippen LogP contribution in [0.4, 0.5) is 8.78 Å². The number of hydrogen-bond acceptors (Lipinski definition) is 2. The molecule has 0 spiro atoms. The standard InChI is InChI=1S/C12H12F2N2O/c1-7-11(6-17)15-8(2)16(7)12-4-3-9(13)5-10(12)14/h3-5,17H,6H2,1-2H3. The molecule has 0 saturated heterocycles. The van der Waals surface area contributed by atoms with Crippen molar-refractivity contribution in [2.45, 2.75) is 20.5 Å². The number of aromatic nitrogens is 2. The second kappa shape index (κ2) is 4.25. The first-order valence-corrected chi connectivity index (χ1v) is 5.15. The van der Waals surface area contributed by atoms with E-state index in [1.807, 2.05) is 0 Å². The van der Waals surface area contributed by atoms with Gasteiger partial charge in [-0.15, -0.1) is 0 Å². The molecule has 1 N–H and O–H groups in total. The fourth-order valence-corrected chi connectivity index (χ4v) is 1.87. The highest BCUT2D eigenvalue weighted by molar-refractivity contribution is 5.38. The Morgan fingerprint density at radius 1 is 1.29 bits per heavy atom. The first kappa shape index (κ1) is 11.7. The molecule has 0 atom stereocenters. The molecule has 90 valence electrons. The average Bonchev–Trinajstić information content (AvgIpc) is 2.55. The Kier molecular flexibility index (Phi) is 2.93. The minimum Gasteiger partial charge on any atom is -0.390 e. The van der Waals surface area contributed by atoms with Gasteiger partial charge in [-0.1, -0.05) is 0 Å². The number of imidazole rings is 1. The largest absolute Gasteiger partial charge is 0.390 e. The van der Waals surface area contributed by atoms with Crippen molar-refractivity contribution in [1.82, 2.24) is 9.55 Å². The molecule has 0 amide bonds. The summed E-state index contributed by atoms with van der Waals surface area (Å²) in [5.74, 6) is -0.723. The van der Waals surface area contributed by atoms with Gasteiger partial charge >= 0.3 is 0 Å². The van der Waals surface area contributed by atoms with E-state index in [0.717, 1.165) is 6.07 Å². The Balaban J connectivity index is 2.64. The van der Waals surface area contributed by atoms with E-state index in [4.69, 9.17) is 5.11 Å². The van der Waals surface area contributed by atoms with Gasteiger partial charge in [0.1, 0.15) is 17.5 Å². The second-order valence-corrected chi connectivity index (χ2v) is 3.78. The summed E-state index contributed by atoms with van der Waals surface area (Å²) in [6, 6.07) is 3.37. The van der Waals surface area contributed by atoms with Crippen molar-refractivity contribution in [3.05, 3.63) is 47.0 Å². The molecule has 0 bridgehead atoms. The summed E-state index contributed by atoms with van der Waals surface area (Å²) in [5.41, 5.74) is 1.37. The van der Waals surface area contributed by atoms with Crippen LogP contribution < -0.4 is 0 Å². The van der Waals surface area contributed by atoms with Crippen molar-refractivity contribution in [2.75, 3.05) is 0 Å². The van der Waals surface area contributed by atoms with E-state index in [1.165, 1.54) is 12.1 Å². The zero-order chi connectivity index (χ0) is 12.6. The molecule has 5 heteroatoms. The van der Waals surface area contributed by atoms with Crippen molar-refractivity contribution < 1.29 is 13.9 Å². The van der Waals surface area contributed by atoms with E-state index in [2.05, 4.69) is 4.98 Å². The van der Waals surface area contributed by atoms with Gasteiger partial charge in [-0.2, -0.15) is 0 Å². The van der Waals surface area contributed by atoms with Crippen molar-refractivity contribution >= 4 is 0 Å². The SMILES string of the molecule is Cc1nc(CO)c(C)n1-c1ccc(F)cc1F. The van der Waals surface area contributed by atoms with Gasteiger partial charge in [0.25, 0.3) is 0 Å². The number of aliphatic hydroxyl groups is 1. The van der Waals surface area contributed by atoms with Crippen molar-refractivity contribution in [1.29, 1.82) is 0 Å². The van der Waals surface area contributed by atoms with Crippen molar-refractivity contribution in [3.8, 4) is 5.69 Å². The number of rotatable bonds is 2. The summed E-state index contributed by atoms with van der Waals surface area (Å²) in [7, 11) is 0. The Morgan fingerprint density at radius 2 is 2.00 bits per heavy atom. The molecule has 1 aromatic carbocycles. The maximum Gasteiger partial charge on any atom is 0.150 e. The van der Waals surface area contributed by atoms with Gasteiger partial charge in [0.2, 0.25) is 0 Å². The topological polar surface area (TPSA) is 38.1 Å². The molecule has 0 fully saturated rings. The van der Waals surface area contributed by atoms with Crippen LogP contribution in [-0.4, -0.2) is 14.7 Å². The van der Waals surface area contributed by atoms with E-state index in [-0.39, 0.29) is 12.3 Å². The molecule has 0 aliphatic rings. The van der Waals surface area contributed by atoms with Gasteiger partial charge in [0.05, 0.1) is 18.0 Å². The minimum atomic E-state index is -0.655.